The van der Waals surface area contributed by atoms with E-state index < -0.39 is 0 Å². The fourth-order valence-corrected chi connectivity index (χ4v) is 3.27. The van der Waals surface area contributed by atoms with Gasteiger partial charge in [0.25, 0.3) is 0 Å². The van der Waals surface area contributed by atoms with E-state index in [0.717, 1.165) is 13.0 Å². The third-order valence-corrected chi connectivity index (χ3v) is 4.68. The molecule has 1 heterocycles. The lowest BCUT2D eigenvalue weighted by Crippen LogP contribution is -2.35. The van der Waals surface area contributed by atoms with Gasteiger partial charge >= 0.3 is 0 Å². The molecule has 0 atom stereocenters. The van der Waals surface area contributed by atoms with Crippen molar-refractivity contribution in [2.75, 3.05) is 13.6 Å². The summed E-state index contributed by atoms with van der Waals surface area (Å²) >= 11 is 1.80. The van der Waals surface area contributed by atoms with Crippen LogP contribution in [0.4, 0.5) is 0 Å². The molecule has 19 heavy (non-hydrogen) atoms. The molecular weight excluding hydrogens is 254 g/mol. The summed E-state index contributed by atoms with van der Waals surface area (Å²) in [6.45, 7) is 0.767. The summed E-state index contributed by atoms with van der Waals surface area (Å²) in [6, 6.07) is 9.16. The van der Waals surface area contributed by atoms with E-state index in [4.69, 9.17) is 5.73 Å². The second-order valence-corrected chi connectivity index (χ2v) is 6.00. The molecule has 3 nitrogen and oxygen atoms in total. The number of benzene rings is 1. The van der Waals surface area contributed by atoms with Crippen molar-refractivity contribution in [3.8, 4) is 0 Å². The predicted octanol–water partition coefficient (Wildman–Crippen LogP) is 2.85. The Balaban J connectivity index is 1.64. The predicted molar refractivity (Wildman–Crippen MR) is 82.8 cm³/mol. The highest BCUT2D eigenvalue weighted by molar-refractivity contribution is 7.17. The first kappa shape index (κ1) is 12.5. The minimum atomic E-state index is 0.630. The lowest BCUT2D eigenvalue weighted by Gasteiger charge is -2.16. The summed E-state index contributed by atoms with van der Waals surface area (Å²) < 4.78 is 1.35. The average molecular weight is 273 g/mol. The normalized spacial score (nSPS) is 15.9. The van der Waals surface area contributed by atoms with Crippen LogP contribution in [0.1, 0.15) is 18.4 Å². The lowest BCUT2D eigenvalue weighted by atomic mass is 10.1. The zero-order valence-corrected chi connectivity index (χ0v) is 12.0. The van der Waals surface area contributed by atoms with Crippen molar-refractivity contribution in [2.24, 2.45) is 10.7 Å². The Labute approximate surface area is 117 Å². The van der Waals surface area contributed by atoms with Crippen molar-refractivity contribution in [3.63, 3.8) is 0 Å². The van der Waals surface area contributed by atoms with Gasteiger partial charge in [-0.3, -0.25) is 4.99 Å². The van der Waals surface area contributed by atoms with E-state index in [9.17, 15) is 0 Å². The number of thiophene rings is 1. The smallest absolute Gasteiger partial charge is 0.191 e. The first-order valence-electron chi connectivity index (χ1n) is 6.73. The molecule has 0 amide bonds. The van der Waals surface area contributed by atoms with E-state index in [1.165, 1.54) is 28.5 Å². The van der Waals surface area contributed by atoms with Gasteiger partial charge in [-0.05, 0) is 41.7 Å². The Bertz CT molecular complexity index is 598. The van der Waals surface area contributed by atoms with Crippen LogP contribution < -0.4 is 5.73 Å². The van der Waals surface area contributed by atoms with Gasteiger partial charge in [-0.15, -0.1) is 11.3 Å². The minimum Gasteiger partial charge on any atom is -0.370 e. The third-order valence-electron chi connectivity index (χ3n) is 3.67. The number of aliphatic imine (C=N–C) groups is 1. The molecule has 1 fully saturated rings. The van der Waals surface area contributed by atoms with Crippen LogP contribution in [0, 0.1) is 0 Å². The maximum absolute atomic E-state index is 5.99. The fraction of sp³-hybridized carbons (Fsp3) is 0.400. The van der Waals surface area contributed by atoms with Gasteiger partial charge in [-0.2, -0.15) is 0 Å². The molecule has 1 saturated carbocycles. The summed E-state index contributed by atoms with van der Waals surface area (Å²) in [5, 5.41) is 3.60. The lowest BCUT2D eigenvalue weighted by molar-refractivity contribution is 0.487. The number of rotatable bonds is 4. The molecule has 0 aliphatic heterocycles. The number of nitrogens with zero attached hydrogens (tertiary/aromatic N) is 2. The Hall–Kier alpha value is -1.55. The van der Waals surface area contributed by atoms with E-state index in [-0.39, 0.29) is 0 Å². The maximum atomic E-state index is 5.99. The van der Waals surface area contributed by atoms with Crippen molar-refractivity contribution in [1.29, 1.82) is 0 Å². The van der Waals surface area contributed by atoms with E-state index >= 15 is 0 Å². The second-order valence-electron chi connectivity index (χ2n) is 5.09. The third kappa shape index (κ3) is 2.73. The summed E-state index contributed by atoms with van der Waals surface area (Å²) in [7, 11) is 2.04. The van der Waals surface area contributed by atoms with Crippen LogP contribution in [0.3, 0.4) is 0 Å². The Kier molecular flexibility index (Phi) is 3.42. The van der Waals surface area contributed by atoms with Crippen LogP contribution in [0.5, 0.6) is 0 Å². The summed E-state index contributed by atoms with van der Waals surface area (Å²) in [4.78, 5) is 6.59. The fourth-order valence-electron chi connectivity index (χ4n) is 2.28. The van der Waals surface area contributed by atoms with Crippen molar-refractivity contribution >= 4 is 27.4 Å². The number of fused-ring (bicyclic) bond motifs is 1. The first-order chi connectivity index (χ1) is 9.25. The molecule has 0 bridgehead atoms. The van der Waals surface area contributed by atoms with Crippen molar-refractivity contribution in [2.45, 2.75) is 25.3 Å². The van der Waals surface area contributed by atoms with E-state index in [2.05, 4.69) is 39.5 Å². The van der Waals surface area contributed by atoms with Gasteiger partial charge in [0.15, 0.2) is 5.96 Å². The summed E-state index contributed by atoms with van der Waals surface area (Å²) in [5.41, 5.74) is 7.37. The molecular formula is C15H19N3S. The maximum Gasteiger partial charge on any atom is 0.191 e. The van der Waals surface area contributed by atoms with Gasteiger partial charge in [-0.1, -0.05) is 18.2 Å². The SMILES string of the molecule is CN(C(N)=NCCc1csc2ccccc12)C1CC1. The highest BCUT2D eigenvalue weighted by Gasteiger charge is 2.27. The van der Waals surface area contributed by atoms with E-state index in [1.807, 2.05) is 7.05 Å². The quantitative estimate of drug-likeness (QED) is 0.687. The van der Waals surface area contributed by atoms with E-state index in [1.54, 1.807) is 11.3 Å². The van der Waals surface area contributed by atoms with Crippen LogP contribution in [0.15, 0.2) is 34.6 Å². The molecule has 0 unspecified atom stereocenters. The monoisotopic (exact) mass is 273 g/mol. The molecule has 0 spiro atoms. The molecule has 1 aromatic carbocycles. The zero-order chi connectivity index (χ0) is 13.2. The topological polar surface area (TPSA) is 41.6 Å². The molecule has 3 rings (SSSR count). The summed E-state index contributed by atoms with van der Waals surface area (Å²) in [5.74, 6) is 0.682. The zero-order valence-electron chi connectivity index (χ0n) is 11.2. The molecule has 1 aliphatic rings. The van der Waals surface area contributed by atoms with Crippen LogP contribution in [0.25, 0.3) is 10.1 Å². The standard InChI is InChI=1S/C15H19N3S/c1-18(12-6-7-12)15(16)17-9-8-11-10-19-14-5-3-2-4-13(11)14/h2-5,10,12H,6-9H2,1H3,(H2,16,17). The number of nitrogens with two attached hydrogens (primary N) is 1. The van der Waals surface area contributed by atoms with E-state index in [0.29, 0.717) is 12.0 Å². The van der Waals surface area contributed by atoms with Crippen molar-refractivity contribution in [1.82, 2.24) is 4.90 Å². The molecule has 2 N–H and O–H groups in total. The Morgan fingerprint density at radius 2 is 2.21 bits per heavy atom. The highest BCUT2D eigenvalue weighted by atomic mass is 32.1. The van der Waals surface area contributed by atoms with Gasteiger partial charge in [0, 0.05) is 24.3 Å². The number of guanidine groups is 1. The second kappa shape index (κ2) is 5.21. The largest absolute Gasteiger partial charge is 0.370 e. The summed E-state index contributed by atoms with van der Waals surface area (Å²) in [6.07, 6.45) is 3.47. The molecule has 1 aliphatic carbocycles. The Morgan fingerprint density at radius 3 is 3.00 bits per heavy atom. The van der Waals surface area contributed by atoms with Crippen molar-refractivity contribution < 1.29 is 0 Å². The van der Waals surface area contributed by atoms with Crippen molar-refractivity contribution in [3.05, 3.63) is 35.2 Å². The Morgan fingerprint density at radius 1 is 1.42 bits per heavy atom. The van der Waals surface area contributed by atoms with Crippen LogP contribution in [-0.4, -0.2) is 30.5 Å². The number of hydrogen-bond acceptors (Lipinski definition) is 2. The van der Waals surface area contributed by atoms with Crippen LogP contribution in [-0.2, 0) is 6.42 Å². The molecule has 100 valence electrons. The van der Waals surface area contributed by atoms with Gasteiger partial charge < -0.3 is 10.6 Å². The molecule has 0 saturated heterocycles. The highest BCUT2D eigenvalue weighted by Crippen LogP contribution is 2.26. The van der Waals surface area contributed by atoms with Gasteiger partial charge in [0.05, 0.1) is 0 Å². The molecule has 2 aromatic rings. The average Bonchev–Trinajstić information content (AvgIpc) is 3.20. The number of hydrogen-bond donors (Lipinski definition) is 1. The molecule has 4 heteroatoms. The van der Waals surface area contributed by atoms with Gasteiger partial charge in [0.2, 0.25) is 0 Å². The minimum absolute atomic E-state index is 0.630. The molecule has 1 aromatic heterocycles. The van der Waals surface area contributed by atoms with Crippen LogP contribution >= 0.6 is 11.3 Å². The van der Waals surface area contributed by atoms with Crippen LogP contribution in [0.2, 0.25) is 0 Å². The first-order valence-corrected chi connectivity index (χ1v) is 7.61. The molecule has 0 radical (unpaired) electrons. The van der Waals surface area contributed by atoms with Gasteiger partial charge in [-0.25, -0.2) is 0 Å². The van der Waals surface area contributed by atoms with Gasteiger partial charge in [0.1, 0.15) is 0 Å².